The van der Waals surface area contributed by atoms with Crippen molar-refractivity contribution in [3.05, 3.63) is 0 Å². The van der Waals surface area contributed by atoms with Crippen LogP contribution in [0.2, 0.25) is 0 Å². The fraction of sp³-hybridized carbons (Fsp3) is 1.00. The molecule has 2 fully saturated rings. The Bertz CT molecular complexity index is 315. The van der Waals surface area contributed by atoms with Gasteiger partial charge in [-0.25, -0.2) is 0 Å². The van der Waals surface area contributed by atoms with E-state index in [0.717, 1.165) is 11.8 Å². The van der Waals surface area contributed by atoms with Crippen LogP contribution in [-0.2, 0) is 4.74 Å². The molecule has 20 heavy (non-hydrogen) atoms. The van der Waals surface area contributed by atoms with Gasteiger partial charge in [-0.1, -0.05) is 26.2 Å². The molecule has 1 aliphatic carbocycles. The molecule has 118 valence electrons. The lowest BCUT2D eigenvalue weighted by molar-refractivity contribution is -0.0801. The third-order valence-electron chi connectivity index (χ3n) is 5.89. The molecule has 2 heteroatoms. The van der Waals surface area contributed by atoms with Gasteiger partial charge in [-0.05, 0) is 65.8 Å². The molecule has 0 aromatic carbocycles. The van der Waals surface area contributed by atoms with E-state index in [9.17, 15) is 0 Å². The Hall–Kier alpha value is -0.0800. The molecule has 2 unspecified atom stereocenters. The van der Waals surface area contributed by atoms with Crippen molar-refractivity contribution in [3.63, 3.8) is 0 Å². The molecule has 2 atom stereocenters. The lowest BCUT2D eigenvalue weighted by Gasteiger charge is -2.40. The maximum atomic E-state index is 6.32. The van der Waals surface area contributed by atoms with Crippen LogP contribution in [0.25, 0.3) is 0 Å². The van der Waals surface area contributed by atoms with E-state index in [0.29, 0.717) is 12.0 Å². The van der Waals surface area contributed by atoms with Crippen molar-refractivity contribution < 1.29 is 4.74 Å². The van der Waals surface area contributed by atoms with Gasteiger partial charge in [-0.3, -0.25) is 0 Å². The predicted molar refractivity (Wildman–Crippen MR) is 85.9 cm³/mol. The minimum absolute atomic E-state index is 0.00121. The van der Waals surface area contributed by atoms with Gasteiger partial charge in [0.05, 0.1) is 11.2 Å². The minimum Gasteiger partial charge on any atom is -0.369 e. The average molecular weight is 281 g/mol. The van der Waals surface area contributed by atoms with E-state index in [1.807, 2.05) is 0 Å². The van der Waals surface area contributed by atoms with Crippen molar-refractivity contribution >= 4 is 0 Å². The summed E-state index contributed by atoms with van der Waals surface area (Å²) in [6.07, 6.45) is 8.20. The maximum Gasteiger partial charge on any atom is 0.0677 e. The summed E-state index contributed by atoms with van der Waals surface area (Å²) in [5, 5.41) is 3.66. The summed E-state index contributed by atoms with van der Waals surface area (Å²) in [5.41, 5.74) is 0.0304. The summed E-state index contributed by atoms with van der Waals surface area (Å²) < 4.78 is 6.32. The number of hydrogen-bond donors (Lipinski definition) is 1. The van der Waals surface area contributed by atoms with Gasteiger partial charge in [0.2, 0.25) is 0 Å². The molecule has 1 heterocycles. The first-order valence-corrected chi connectivity index (χ1v) is 8.66. The van der Waals surface area contributed by atoms with E-state index < -0.39 is 0 Å². The van der Waals surface area contributed by atoms with Crippen molar-refractivity contribution in [1.82, 2.24) is 5.32 Å². The summed E-state index contributed by atoms with van der Waals surface area (Å²) in [4.78, 5) is 0. The van der Waals surface area contributed by atoms with Crippen LogP contribution in [0.1, 0.15) is 73.1 Å². The van der Waals surface area contributed by atoms with E-state index in [-0.39, 0.29) is 11.2 Å². The molecule has 1 saturated heterocycles. The lowest BCUT2D eigenvalue weighted by atomic mass is 9.70. The highest BCUT2D eigenvalue weighted by molar-refractivity contribution is 5.01. The molecular formula is C18H35NO. The van der Waals surface area contributed by atoms with Crippen LogP contribution in [0.15, 0.2) is 0 Å². The topological polar surface area (TPSA) is 21.3 Å². The van der Waals surface area contributed by atoms with Crippen molar-refractivity contribution in [2.75, 3.05) is 7.05 Å². The van der Waals surface area contributed by atoms with Gasteiger partial charge < -0.3 is 10.1 Å². The summed E-state index contributed by atoms with van der Waals surface area (Å²) >= 11 is 0. The Morgan fingerprint density at radius 3 is 2.10 bits per heavy atom. The number of hydrogen-bond acceptors (Lipinski definition) is 2. The highest BCUT2D eigenvalue weighted by Gasteiger charge is 2.50. The molecule has 2 nitrogen and oxygen atoms in total. The van der Waals surface area contributed by atoms with Crippen LogP contribution in [-0.4, -0.2) is 24.3 Å². The second-order valence-electron chi connectivity index (χ2n) is 8.28. The molecule has 1 saturated carbocycles. The van der Waals surface area contributed by atoms with Crippen LogP contribution in [0.5, 0.6) is 0 Å². The number of rotatable bonds is 4. The van der Waals surface area contributed by atoms with Gasteiger partial charge in [0.1, 0.15) is 0 Å². The zero-order valence-corrected chi connectivity index (χ0v) is 14.5. The first-order valence-electron chi connectivity index (χ1n) is 8.66. The van der Waals surface area contributed by atoms with E-state index >= 15 is 0 Å². The molecule has 1 N–H and O–H groups in total. The van der Waals surface area contributed by atoms with E-state index in [1.54, 1.807) is 0 Å². The lowest BCUT2D eigenvalue weighted by Crippen LogP contribution is -2.48. The molecule has 0 bridgehead atoms. The average Bonchev–Trinajstić information content (AvgIpc) is 2.59. The van der Waals surface area contributed by atoms with Gasteiger partial charge in [0.15, 0.2) is 0 Å². The SMILES string of the molecule is CCC1CCC(C(NC)C2CC(C)(C)OC2(C)C)CC1. The van der Waals surface area contributed by atoms with Crippen molar-refractivity contribution in [2.45, 2.75) is 90.4 Å². The Kier molecular flexibility index (Phi) is 4.86. The monoisotopic (exact) mass is 281 g/mol. The Balaban J connectivity index is 2.05. The van der Waals surface area contributed by atoms with Gasteiger partial charge in [0.25, 0.3) is 0 Å². The number of nitrogens with one attached hydrogen (secondary N) is 1. The molecule has 0 radical (unpaired) electrons. The third kappa shape index (κ3) is 3.39. The Morgan fingerprint density at radius 2 is 1.70 bits per heavy atom. The zero-order chi connectivity index (χ0) is 15.0. The van der Waals surface area contributed by atoms with E-state index in [4.69, 9.17) is 4.74 Å². The summed E-state index contributed by atoms with van der Waals surface area (Å²) in [6, 6.07) is 0.615. The summed E-state index contributed by atoms with van der Waals surface area (Å²) in [7, 11) is 2.15. The molecule has 0 amide bonds. The first-order chi connectivity index (χ1) is 9.29. The molecular weight excluding hydrogens is 246 g/mol. The largest absolute Gasteiger partial charge is 0.369 e. The second kappa shape index (κ2) is 5.96. The normalized spacial score (nSPS) is 37.8. The summed E-state index contributed by atoms with van der Waals surface area (Å²) in [5.74, 6) is 2.45. The number of ether oxygens (including phenoxy) is 1. The van der Waals surface area contributed by atoms with Crippen molar-refractivity contribution in [1.29, 1.82) is 0 Å². The predicted octanol–water partition coefficient (Wildman–Crippen LogP) is 4.38. The second-order valence-corrected chi connectivity index (χ2v) is 8.28. The highest BCUT2D eigenvalue weighted by Crippen LogP contribution is 2.47. The van der Waals surface area contributed by atoms with E-state index in [2.05, 4.69) is 47.0 Å². The van der Waals surface area contributed by atoms with Crippen LogP contribution in [0.4, 0.5) is 0 Å². The standard InChI is InChI=1S/C18H35NO/c1-7-13-8-10-14(11-9-13)16(19-6)15-12-17(2,3)20-18(15,4)5/h13-16,19H,7-12H2,1-6H3. The Labute approximate surface area is 126 Å². The zero-order valence-electron chi connectivity index (χ0n) is 14.5. The molecule has 0 aromatic rings. The van der Waals surface area contributed by atoms with Gasteiger partial charge in [0, 0.05) is 12.0 Å². The summed E-state index contributed by atoms with van der Waals surface area (Å²) in [6.45, 7) is 11.4. The molecule has 1 aliphatic heterocycles. The minimum atomic E-state index is -0.00121. The first kappa shape index (κ1) is 16.3. The van der Waals surface area contributed by atoms with Gasteiger partial charge in [-0.15, -0.1) is 0 Å². The molecule has 2 rings (SSSR count). The fourth-order valence-corrected chi connectivity index (χ4v) is 4.89. The van der Waals surface area contributed by atoms with Crippen LogP contribution >= 0.6 is 0 Å². The highest BCUT2D eigenvalue weighted by atomic mass is 16.5. The third-order valence-corrected chi connectivity index (χ3v) is 5.89. The van der Waals surface area contributed by atoms with E-state index in [1.165, 1.54) is 38.5 Å². The maximum absolute atomic E-state index is 6.32. The van der Waals surface area contributed by atoms with Crippen LogP contribution in [0, 0.1) is 17.8 Å². The van der Waals surface area contributed by atoms with Gasteiger partial charge >= 0.3 is 0 Å². The molecule has 0 spiro atoms. The van der Waals surface area contributed by atoms with Crippen LogP contribution in [0.3, 0.4) is 0 Å². The molecule has 0 aromatic heterocycles. The van der Waals surface area contributed by atoms with Crippen LogP contribution < -0.4 is 5.32 Å². The molecule has 2 aliphatic rings. The fourth-order valence-electron chi connectivity index (χ4n) is 4.89. The van der Waals surface area contributed by atoms with Gasteiger partial charge in [-0.2, -0.15) is 0 Å². The smallest absolute Gasteiger partial charge is 0.0677 e. The Morgan fingerprint density at radius 1 is 1.10 bits per heavy atom. The van der Waals surface area contributed by atoms with Crippen molar-refractivity contribution in [2.24, 2.45) is 17.8 Å². The quantitative estimate of drug-likeness (QED) is 0.825. The van der Waals surface area contributed by atoms with Crippen molar-refractivity contribution in [3.8, 4) is 0 Å².